The molecule has 0 heterocycles. The fourth-order valence-corrected chi connectivity index (χ4v) is 6.05. The van der Waals surface area contributed by atoms with E-state index in [-0.39, 0.29) is 1.43 Å². The first-order chi connectivity index (χ1) is 8.31. The molecule has 3 aliphatic rings. The normalized spacial score (nSPS) is 36.1. The summed E-state index contributed by atoms with van der Waals surface area (Å²) in [5, 5.41) is 0. The molecule has 89 valence electrons. The molecule has 2 unspecified atom stereocenters. The van der Waals surface area contributed by atoms with E-state index in [1.165, 1.54) is 62.9 Å². The average molecular weight is 391 g/mol. The van der Waals surface area contributed by atoms with Crippen LogP contribution in [0.4, 0.5) is 0 Å². The van der Waals surface area contributed by atoms with Crippen molar-refractivity contribution < 1.29 is 25.8 Å². The second-order valence-electron chi connectivity index (χ2n) is 5.47. The zero-order valence-electron chi connectivity index (χ0n) is 11.3. The van der Waals surface area contributed by atoms with Gasteiger partial charge in [0, 0.05) is 0 Å². The SMILES string of the molecule is [H-].[Hf][C]1(C2=CC=CC2)CCCCC1C1=CC=CC1. The molecule has 17 heavy (non-hydrogen) atoms. The maximum absolute atomic E-state index is 2.41. The van der Waals surface area contributed by atoms with E-state index >= 15 is 0 Å². The number of rotatable bonds is 2. The molecule has 3 rings (SSSR count). The predicted octanol–water partition coefficient (Wildman–Crippen LogP) is 4.77. The third kappa shape index (κ3) is 2.12. The predicted molar refractivity (Wildman–Crippen MR) is 69.4 cm³/mol. The Balaban J connectivity index is 0.00000120. The van der Waals surface area contributed by atoms with Crippen LogP contribution in [0.15, 0.2) is 47.6 Å². The quantitative estimate of drug-likeness (QED) is 0.596. The first-order valence-electron chi connectivity index (χ1n) is 6.77. The van der Waals surface area contributed by atoms with Crippen LogP contribution in [0.2, 0.25) is 3.17 Å². The third-order valence-electron chi connectivity index (χ3n) is 4.50. The van der Waals surface area contributed by atoms with Crippen molar-refractivity contribution in [3.05, 3.63) is 47.6 Å². The minimum absolute atomic E-state index is 0. The molecule has 0 bridgehead atoms. The summed E-state index contributed by atoms with van der Waals surface area (Å²) in [6.45, 7) is 0. The van der Waals surface area contributed by atoms with E-state index in [1.807, 2.05) is 0 Å². The van der Waals surface area contributed by atoms with Crippen molar-refractivity contribution in [1.82, 2.24) is 0 Å². The topological polar surface area (TPSA) is 0 Å². The molecule has 1 fully saturated rings. The van der Waals surface area contributed by atoms with Crippen LogP contribution in [-0.4, -0.2) is 0 Å². The molecule has 0 radical (unpaired) electrons. The van der Waals surface area contributed by atoms with Gasteiger partial charge in [-0.15, -0.1) is 0 Å². The number of allylic oxidation sites excluding steroid dienone is 8. The first-order valence-corrected chi connectivity index (χ1v) is 8.57. The maximum atomic E-state index is 2.41. The van der Waals surface area contributed by atoms with E-state index in [0.717, 1.165) is 5.92 Å². The van der Waals surface area contributed by atoms with Gasteiger partial charge in [0.2, 0.25) is 0 Å². The van der Waals surface area contributed by atoms with Gasteiger partial charge in [-0.3, -0.25) is 0 Å². The molecule has 0 aliphatic heterocycles. The number of hydrogen-bond donors (Lipinski definition) is 0. The molecule has 0 aromatic heterocycles. The summed E-state index contributed by atoms with van der Waals surface area (Å²) >= 11 is 1.31. The summed E-state index contributed by atoms with van der Waals surface area (Å²) in [7, 11) is 0. The Hall–Kier alpha value is -0.170. The van der Waals surface area contributed by atoms with Crippen molar-refractivity contribution in [1.29, 1.82) is 0 Å². The van der Waals surface area contributed by atoms with Crippen molar-refractivity contribution in [2.45, 2.75) is 41.7 Å². The van der Waals surface area contributed by atoms with Crippen molar-refractivity contribution in [2.75, 3.05) is 0 Å². The Morgan fingerprint density at radius 3 is 2.65 bits per heavy atom. The fraction of sp³-hybridized carbons (Fsp3) is 0.500. The van der Waals surface area contributed by atoms with Crippen LogP contribution in [0.3, 0.4) is 0 Å². The minimum atomic E-state index is 0. The molecule has 0 N–H and O–H groups in total. The zero-order chi connectivity index (χ0) is 11.7. The van der Waals surface area contributed by atoms with E-state index in [9.17, 15) is 0 Å². The molecule has 1 heteroatoms. The molecule has 2 atom stereocenters. The molecular weight excluding hydrogens is 371 g/mol. The Labute approximate surface area is 121 Å². The second-order valence-corrected chi connectivity index (χ2v) is 8.67. The van der Waals surface area contributed by atoms with Gasteiger partial charge in [0.1, 0.15) is 0 Å². The standard InChI is InChI=1S/C16H19.Hf.H/c1-2-8-13(7-1)15-11-5-6-12-16(15)14-9-3-4-10-14;;/h1-4,7,9,15H,5-6,8,10-12H2;;/q;;-1. The number of hydrogen-bond acceptors (Lipinski definition) is 0. The molecule has 0 saturated heterocycles. The van der Waals surface area contributed by atoms with E-state index in [4.69, 9.17) is 0 Å². The van der Waals surface area contributed by atoms with Crippen LogP contribution in [0.1, 0.15) is 40.0 Å². The summed E-state index contributed by atoms with van der Waals surface area (Å²) in [5.41, 5.74) is 3.45. The van der Waals surface area contributed by atoms with E-state index < -0.39 is 0 Å². The summed E-state index contributed by atoms with van der Waals surface area (Å²) in [5.74, 6) is 0.851. The van der Waals surface area contributed by atoms with Crippen LogP contribution in [-0.2, 0) is 24.4 Å². The van der Waals surface area contributed by atoms with Gasteiger partial charge in [-0.05, 0) is 0 Å². The zero-order valence-corrected chi connectivity index (χ0v) is 13.9. The average Bonchev–Trinajstić information content (AvgIpc) is 3.03. The molecule has 1 saturated carbocycles. The van der Waals surface area contributed by atoms with Crippen molar-refractivity contribution in [3.8, 4) is 0 Å². The summed E-state index contributed by atoms with van der Waals surface area (Å²) in [6, 6.07) is 0. The Kier molecular flexibility index (Phi) is 3.38. The van der Waals surface area contributed by atoms with Crippen LogP contribution < -0.4 is 0 Å². The Morgan fingerprint density at radius 1 is 1.12 bits per heavy atom. The molecule has 0 spiro atoms. The van der Waals surface area contributed by atoms with Crippen LogP contribution in [0.25, 0.3) is 0 Å². The van der Waals surface area contributed by atoms with Gasteiger partial charge in [0.05, 0.1) is 0 Å². The molecular formula is C16H20Hf-. The van der Waals surface area contributed by atoms with Gasteiger partial charge in [-0.1, -0.05) is 0 Å². The molecule has 0 amide bonds. The monoisotopic (exact) mass is 392 g/mol. The van der Waals surface area contributed by atoms with Crippen molar-refractivity contribution in [2.24, 2.45) is 5.92 Å². The second kappa shape index (κ2) is 4.84. The summed E-state index contributed by atoms with van der Waals surface area (Å²) < 4.78 is 0.569. The molecule has 0 aromatic rings. The molecule has 0 nitrogen and oxygen atoms in total. The first kappa shape index (κ1) is 11.9. The van der Waals surface area contributed by atoms with Crippen molar-refractivity contribution in [3.63, 3.8) is 0 Å². The van der Waals surface area contributed by atoms with E-state index in [0.29, 0.717) is 3.17 Å². The van der Waals surface area contributed by atoms with Crippen molar-refractivity contribution >= 4 is 0 Å². The fourth-order valence-electron chi connectivity index (χ4n) is 3.56. The van der Waals surface area contributed by atoms with Crippen LogP contribution in [0, 0.1) is 5.92 Å². The van der Waals surface area contributed by atoms with Gasteiger partial charge in [-0.25, -0.2) is 0 Å². The van der Waals surface area contributed by atoms with Gasteiger partial charge in [-0.2, -0.15) is 0 Å². The molecule has 0 aromatic carbocycles. The van der Waals surface area contributed by atoms with Gasteiger partial charge < -0.3 is 1.43 Å². The van der Waals surface area contributed by atoms with Gasteiger partial charge >= 0.3 is 120 Å². The third-order valence-corrected chi connectivity index (χ3v) is 7.80. The molecule has 3 aliphatic carbocycles. The van der Waals surface area contributed by atoms with E-state index in [2.05, 4.69) is 36.5 Å². The Bertz CT molecular complexity index is 430. The van der Waals surface area contributed by atoms with E-state index in [1.54, 1.807) is 11.1 Å². The van der Waals surface area contributed by atoms with Crippen LogP contribution in [0.5, 0.6) is 0 Å². The van der Waals surface area contributed by atoms with Gasteiger partial charge in [0.25, 0.3) is 0 Å². The summed E-state index contributed by atoms with van der Waals surface area (Å²) in [6.07, 6.45) is 22.2. The summed E-state index contributed by atoms with van der Waals surface area (Å²) in [4.78, 5) is 0. The Morgan fingerprint density at radius 2 is 1.94 bits per heavy atom. The van der Waals surface area contributed by atoms with Crippen LogP contribution >= 0.6 is 0 Å². The van der Waals surface area contributed by atoms with Gasteiger partial charge in [0.15, 0.2) is 0 Å².